The highest BCUT2D eigenvalue weighted by Gasteiger charge is 2.35. The van der Waals surface area contributed by atoms with Crippen molar-refractivity contribution in [2.24, 2.45) is 29.1 Å². The van der Waals surface area contributed by atoms with Gasteiger partial charge in [0.1, 0.15) is 0 Å². The molecule has 0 aromatic heterocycles. The van der Waals surface area contributed by atoms with E-state index >= 15 is 0 Å². The molecule has 1 rings (SSSR count). The van der Waals surface area contributed by atoms with Crippen molar-refractivity contribution in [3.63, 3.8) is 0 Å². The lowest BCUT2D eigenvalue weighted by Crippen LogP contribution is -2.32. The molecule has 3 unspecified atom stereocenters. The molecule has 1 N–H and O–H groups in total. The van der Waals surface area contributed by atoms with E-state index in [1.165, 1.54) is 12.8 Å². The van der Waals surface area contributed by atoms with Gasteiger partial charge in [0.05, 0.1) is 5.92 Å². The molecule has 0 saturated heterocycles. The average Bonchev–Trinajstić information content (AvgIpc) is 2.26. The van der Waals surface area contributed by atoms with Crippen LogP contribution < -0.4 is 0 Å². The van der Waals surface area contributed by atoms with E-state index < -0.39 is 5.97 Å². The molecule has 1 aliphatic rings. The fraction of sp³-hybridized carbons (Fsp3) is 0.941. The minimum absolute atomic E-state index is 0.0880. The van der Waals surface area contributed by atoms with Crippen molar-refractivity contribution < 1.29 is 9.90 Å². The first-order valence-corrected chi connectivity index (χ1v) is 7.93. The molecule has 0 bridgehead atoms. The number of hydrogen-bond acceptors (Lipinski definition) is 1. The molecular weight excluding hydrogens is 236 g/mol. The largest absolute Gasteiger partial charge is 0.481 e. The van der Waals surface area contributed by atoms with E-state index in [1.54, 1.807) is 0 Å². The van der Waals surface area contributed by atoms with Crippen molar-refractivity contribution in [2.75, 3.05) is 0 Å². The fourth-order valence-electron chi connectivity index (χ4n) is 3.44. The third-order valence-electron chi connectivity index (χ3n) is 4.78. The quantitative estimate of drug-likeness (QED) is 0.764. The van der Waals surface area contributed by atoms with Crippen LogP contribution in [0.25, 0.3) is 0 Å². The van der Waals surface area contributed by atoms with Gasteiger partial charge in [0.15, 0.2) is 0 Å². The zero-order chi connectivity index (χ0) is 14.6. The van der Waals surface area contributed by atoms with E-state index in [0.717, 1.165) is 31.6 Å². The van der Waals surface area contributed by atoms with Gasteiger partial charge in [-0.25, -0.2) is 0 Å². The summed E-state index contributed by atoms with van der Waals surface area (Å²) >= 11 is 0. The number of aliphatic carboxylic acids is 1. The minimum atomic E-state index is -0.567. The van der Waals surface area contributed by atoms with Crippen LogP contribution in [0.3, 0.4) is 0 Å². The van der Waals surface area contributed by atoms with Crippen LogP contribution >= 0.6 is 0 Å². The van der Waals surface area contributed by atoms with Crippen molar-refractivity contribution in [1.29, 1.82) is 0 Å². The highest BCUT2D eigenvalue weighted by atomic mass is 16.4. The van der Waals surface area contributed by atoms with Crippen LogP contribution in [0.4, 0.5) is 0 Å². The predicted octanol–water partition coefficient (Wildman–Crippen LogP) is 4.98. The average molecular weight is 268 g/mol. The Hall–Kier alpha value is -0.530. The second-order valence-electron chi connectivity index (χ2n) is 7.97. The molecule has 0 aromatic carbocycles. The molecule has 1 saturated carbocycles. The summed E-state index contributed by atoms with van der Waals surface area (Å²) in [6.45, 7) is 11.3. The molecule has 1 fully saturated rings. The Labute approximate surface area is 119 Å². The minimum Gasteiger partial charge on any atom is -0.481 e. The van der Waals surface area contributed by atoms with Crippen molar-refractivity contribution in [2.45, 2.75) is 73.1 Å². The summed E-state index contributed by atoms with van der Waals surface area (Å²) in [6.07, 6.45) is 6.57. The second kappa shape index (κ2) is 6.76. The van der Waals surface area contributed by atoms with Gasteiger partial charge in [-0.05, 0) is 55.3 Å². The number of hydrogen-bond donors (Lipinski definition) is 1. The van der Waals surface area contributed by atoms with Gasteiger partial charge in [-0.1, -0.05) is 41.0 Å². The van der Waals surface area contributed by atoms with Crippen LogP contribution in [0.1, 0.15) is 73.1 Å². The Kier molecular flexibility index (Phi) is 5.88. The molecule has 0 heterocycles. The van der Waals surface area contributed by atoms with Gasteiger partial charge in [0.25, 0.3) is 0 Å². The second-order valence-corrected chi connectivity index (χ2v) is 7.97. The summed E-state index contributed by atoms with van der Waals surface area (Å²) in [5, 5.41) is 9.39. The number of carboxylic acid groups (broad SMARTS) is 1. The van der Waals surface area contributed by atoms with Crippen molar-refractivity contribution in [3.05, 3.63) is 0 Å². The molecule has 0 aliphatic heterocycles. The zero-order valence-corrected chi connectivity index (χ0v) is 13.4. The molecular formula is C17H32O2. The Bertz CT molecular complexity index is 288. The van der Waals surface area contributed by atoms with E-state index in [0.29, 0.717) is 17.3 Å². The van der Waals surface area contributed by atoms with Gasteiger partial charge in [-0.3, -0.25) is 4.79 Å². The van der Waals surface area contributed by atoms with Crippen molar-refractivity contribution in [3.8, 4) is 0 Å². The van der Waals surface area contributed by atoms with Crippen LogP contribution in [0.2, 0.25) is 0 Å². The summed E-state index contributed by atoms with van der Waals surface area (Å²) < 4.78 is 0. The van der Waals surface area contributed by atoms with Crippen LogP contribution in [-0.2, 0) is 4.79 Å². The number of rotatable bonds is 5. The van der Waals surface area contributed by atoms with E-state index in [9.17, 15) is 9.90 Å². The Morgan fingerprint density at radius 2 is 1.89 bits per heavy atom. The normalized spacial score (nSPS) is 28.6. The Morgan fingerprint density at radius 1 is 1.26 bits per heavy atom. The fourth-order valence-corrected chi connectivity index (χ4v) is 3.44. The van der Waals surface area contributed by atoms with Crippen LogP contribution in [-0.4, -0.2) is 11.1 Å². The summed E-state index contributed by atoms with van der Waals surface area (Å²) in [6, 6.07) is 0. The number of carboxylic acids is 1. The molecule has 0 radical (unpaired) electrons. The van der Waals surface area contributed by atoms with Gasteiger partial charge >= 0.3 is 5.97 Å². The third-order valence-corrected chi connectivity index (χ3v) is 4.78. The van der Waals surface area contributed by atoms with E-state index in [2.05, 4.69) is 34.6 Å². The van der Waals surface area contributed by atoms with E-state index in [4.69, 9.17) is 0 Å². The first-order chi connectivity index (χ1) is 8.70. The van der Waals surface area contributed by atoms with Crippen LogP contribution in [0.15, 0.2) is 0 Å². The standard InChI is InChI=1S/C17H32O2/c1-12(2)13-8-9-15(16(18)19)14(11-13)7-6-10-17(3,4)5/h12-15H,6-11H2,1-5H3,(H,18,19). The van der Waals surface area contributed by atoms with Gasteiger partial charge in [0, 0.05) is 0 Å². The molecule has 0 spiro atoms. The smallest absolute Gasteiger partial charge is 0.306 e. The first kappa shape index (κ1) is 16.5. The highest BCUT2D eigenvalue weighted by molar-refractivity contribution is 5.70. The topological polar surface area (TPSA) is 37.3 Å². The number of carbonyl (C=O) groups is 1. The predicted molar refractivity (Wildman–Crippen MR) is 80.1 cm³/mol. The van der Waals surface area contributed by atoms with Gasteiger partial charge in [-0.2, -0.15) is 0 Å². The summed E-state index contributed by atoms with van der Waals surface area (Å²) in [5.74, 6) is 1.18. The summed E-state index contributed by atoms with van der Waals surface area (Å²) in [5.41, 5.74) is 0.366. The maximum absolute atomic E-state index is 11.4. The molecule has 2 nitrogen and oxygen atoms in total. The van der Waals surface area contributed by atoms with Crippen molar-refractivity contribution in [1.82, 2.24) is 0 Å². The maximum Gasteiger partial charge on any atom is 0.306 e. The van der Waals surface area contributed by atoms with E-state index in [1.807, 2.05) is 0 Å². The van der Waals surface area contributed by atoms with Crippen molar-refractivity contribution >= 4 is 5.97 Å². The molecule has 1 aliphatic carbocycles. The van der Waals surface area contributed by atoms with Gasteiger partial charge < -0.3 is 5.11 Å². The lowest BCUT2D eigenvalue weighted by atomic mass is 9.68. The molecule has 3 atom stereocenters. The zero-order valence-electron chi connectivity index (χ0n) is 13.4. The lowest BCUT2D eigenvalue weighted by molar-refractivity contribution is -0.145. The SMILES string of the molecule is CC(C)C1CCC(C(=O)O)C(CCCC(C)(C)C)C1. The van der Waals surface area contributed by atoms with Crippen LogP contribution in [0.5, 0.6) is 0 Å². The Balaban J connectivity index is 2.54. The van der Waals surface area contributed by atoms with E-state index in [-0.39, 0.29) is 5.92 Å². The lowest BCUT2D eigenvalue weighted by Gasteiger charge is -2.36. The molecule has 0 amide bonds. The van der Waals surface area contributed by atoms with Gasteiger partial charge in [0.2, 0.25) is 0 Å². The third kappa shape index (κ3) is 5.54. The molecule has 112 valence electrons. The maximum atomic E-state index is 11.4. The summed E-state index contributed by atoms with van der Waals surface area (Å²) in [4.78, 5) is 11.4. The summed E-state index contributed by atoms with van der Waals surface area (Å²) in [7, 11) is 0. The molecule has 19 heavy (non-hydrogen) atoms. The molecule has 2 heteroatoms. The molecule has 0 aromatic rings. The monoisotopic (exact) mass is 268 g/mol. The first-order valence-electron chi connectivity index (χ1n) is 7.93. The van der Waals surface area contributed by atoms with Gasteiger partial charge in [-0.15, -0.1) is 0 Å². The highest BCUT2D eigenvalue weighted by Crippen LogP contribution is 2.40. The van der Waals surface area contributed by atoms with Crippen LogP contribution in [0, 0.1) is 29.1 Å². The Morgan fingerprint density at radius 3 is 2.37 bits per heavy atom.